The van der Waals surface area contributed by atoms with Crippen molar-refractivity contribution in [3.8, 4) is 6.01 Å². The van der Waals surface area contributed by atoms with Crippen molar-refractivity contribution in [3.05, 3.63) is 0 Å². The van der Waals surface area contributed by atoms with Gasteiger partial charge in [-0.05, 0) is 19.1 Å². The fourth-order valence-corrected chi connectivity index (χ4v) is 1.58. The third-order valence-corrected chi connectivity index (χ3v) is 2.37. The molecule has 0 saturated heterocycles. The largest absolute Gasteiger partial charge is 0.463 e. The number of aromatic nitrogens is 3. The van der Waals surface area contributed by atoms with E-state index >= 15 is 0 Å². The zero-order chi connectivity index (χ0) is 11.8. The molecule has 0 amide bonds. The van der Waals surface area contributed by atoms with Crippen molar-refractivity contribution in [1.29, 1.82) is 0 Å². The maximum Gasteiger partial charge on any atom is 0.322 e. The van der Waals surface area contributed by atoms with Crippen LogP contribution in [0.4, 0.5) is 5.95 Å². The van der Waals surface area contributed by atoms with Gasteiger partial charge in [0.25, 0.3) is 0 Å². The van der Waals surface area contributed by atoms with Crippen LogP contribution in [0.15, 0.2) is 5.16 Å². The second kappa shape index (κ2) is 7.27. The molecule has 0 spiro atoms. The van der Waals surface area contributed by atoms with E-state index in [0.29, 0.717) is 23.7 Å². The summed E-state index contributed by atoms with van der Waals surface area (Å²) in [5.41, 5.74) is 0. The highest BCUT2D eigenvalue weighted by molar-refractivity contribution is 7.99. The molecule has 0 aliphatic rings. The highest BCUT2D eigenvalue weighted by Crippen LogP contribution is 2.17. The summed E-state index contributed by atoms with van der Waals surface area (Å²) in [5, 5.41) is 3.78. The van der Waals surface area contributed by atoms with E-state index in [1.807, 2.05) is 13.8 Å². The lowest BCUT2D eigenvalue weighted by molar-refractivity contribution is 0.288. The first-order chi connectivity index (χ1) is 7.80. The van der Waals surface area contributed by atoms with Crippen molar-refractivity contribution in [2.45, 2.75) is 32.3 Å². The van der Waals surface area contributed by atoms with Gasteiger partial charge in [-0.1, -0.05) is 25.6 Å². The number of nitrogens with one attached hydrogen (secondary N) is 1. The lowest BCUT2D eigenvalue weighted by Gasteiger charge is -2.07. The Balaban J connectivity index is 2.80. The van der Waals surface area contributed by atoms with E-state index in [0.717, 1.165) is 18.7 Å². The van der Waals surface area contributed by atoms with Gasteiger partial charge in [0, 0.05) is 6.54 Å². The molecule has 1 heterocycles. The summed E-state index contributed by atoms with van der Waals surface area (Å²) in [7, 11) is 0. The van der Waals surface area contributed by atoms with Crippen molar-refractivity contribution < 1.29 is 4.74 Å². The Kier molecular flexibility index (Phi) is 5.92. The molecule has 0 radical (unpaired) electrons. The van der Waals surface area contributed by atoms with Gasteiger partial charge in [-0.2, -0.15) is 15.0 Å². The van der Waals surface area contributed by atoms with E-state index in [4.69, 9.17) is 4.74 Å². The topological polar surface area (TPSA) is 59.9 Å². The van der Waals surface area contributed by atoms with Gasteiger partial charge in [0.2, 0.25) is 5.95 Å². The number of rotatable bonds is 7. The number of ether oxygens (including phenoxy) is 1. The fourth-order valence-electron chi connectivity index (χ4n) is 1.03. The number of hydrogen-bond acceptors (Lipinski definition) is 6. The van der Waals surface area contributed by atoms with Crippen LogP contribution in [0.2, 0.25) is 0 Å². The average molecular weight is 242 g/mol. The first kappa shape index (κ1) is 13.0. The third kappa shape index (κ3) is 4.22. The molecule has 16 heavy (non-hydrogen) atoms. The minimum atomic E-state index is 0.406. The molecule has 1 aromatic rings. The highest BCUT2D eigenvalue weighted by Gasteiger charge is 2.06. The summed E-state index contributed by atoms with van der Waals surface area (Å²) in [6.45, 7) is 7.53. The van der Waals surface area contributed by atoms with E-state index in [1.54, 1.807) is 11.8 Å². The molecule has 90 valence electrons. The van der Waals surface area contributed by atoms with E-state index in [-0.39, 0.29) is 0 Å². The predicted molar refractivity (Wildman–Crippen MR) is 66.2 cm³/mol. The van der Waals surface area contributed by atoms with E-state index in [9.17, 15) is 0 Å². The quantitative estimate of drug-likeness (QED) is 0.740. The van der Waals surface area contributed by atoms with Crippen LogP contribution in [-0.2, 0) is 0 Å². The zero-order valence-electron chi connectivity index (χ0n) is 9.99. The molecule has 1 aromatic heterocycles. The maximum absolute atomic E-state index is 5.41. The van der Waals surface area contributed by atoms with Gasteiger partial charge in [0.1, 0.15) is 0 Å². The number of hydrogen-bond donors (Lipinski definition) is 1. The number of nitrogens with zero attached hydrogens (tertiary/aromatic N) is 3. The summed E-state index contributed by atoms with van der Waals surface area (Å²) < 4.78 is 5.41. The van der Waals surface area contributed by atoms with Crippen LogP contribution in [0, 0.1) is 0 Å². The third-order valence-electron chi connectivity index (χ3n) is 1.64. The minimum absolute atomic E-state index is 0.406. The van der Waals surface area contributed by atoms with Gasteiger partial charge < -0.3 is 10.1 Å². The molecule has 5 nitrogen and oxygen atoms in total. The Morgan fingerprint density at radius 2 is 2.00 bits per heavy atom. The molecule has 0 aliphatic carbocycles. The molecular weight excluding hydrogens is 224 g/mol. The van der Waals surface area contributed by atoms with Gasteiger partial charge >= 0.3 is 6.01 Å². The number of anilines is 1. The minimum Gasteiger partial charge on any atom is -0.463 e. The van der Waals surface area contributed by atoms with Gasteiger partial charge in [0.15, 0.2) is 5.16 Å². The summed E-state index contributed by atoms with van der Waals surface area (Å²) in [6, 6.07) is 0.406. The van der Waals surface area contributed by atoms with Gasteiger partial charge in [-0.25, -0.2) is 0 Å². The Labute approximate surface area is 100 Å². The van der Waals surface area contributed by atoms with Gasteiger partial charge in [-0.15, -0.1) is 0 Å². The molecule has 0 unspecified atom stereocenters. The van der Waals surface area contributed by atoms with Crippen molar-refractivity contribution in [2.24, 2.45) is 0 Å². The highest BCUT2D eigenvalue weighted by atomic mass is 32.2. The molecule has 0 aliphatic heterocycles. The lowest BCUT2D eigenvalue weighted by Crippen LogP contribution is -2.07. The van der Waals surface area contributed by atoms with Crippen molar-refractivity contribution in [3.63, 3.8) is 0 Å². The second-order valence-corrected chi connectivity index (χ2v) is 4.27. The summed E-state index contributed by atoms with van der Waals surface area (Å²) in [6.07, 6.45) is 0.943. The van der Waals surface area contributed by atoms with Crippen LogP contribution < -0.4 is 10.1 Å². The van der Waals surface area contributed by atoms with Crippen molar-refractivity contribution in [1.82, 2.24) is 15.0 Å². The second-order valence-electron chi connectivity index (χ2n) is 3.04. The molecule has 0 atom stereocenters. The Morgan fingerprint density at radius 3 is 2.62 bits per heavy atom. The SMILES string of the molecule is CCCOc1nc(NCC)nc(SCC)n1. The van der Waals surface area contributed by atoms with E-state index in [2.05, 4.69) is 27.2 Å². The Bertz CT molecular complexity index is 297. The van der Waals surface area contributed by atoms with Crippen LogP contribution in [0.5, 0.6) is 6.01 Å². The van der Waals surface area contributed by atoms with Crippen LogP contribution in [0.25, 0.3) is 0 Å². The van der Waals surface area contributed by atoms with Crippen LogP contribution >= 0.6 is 11.8 Å². The summed E-state index contributed by atoms with van der Waals surface area (Å²) in [5.74, 6) is 1.52. The summed E-state index contributed by atoms with van der Waals surface area (Å²) >= 11 is 1.58. The molecule has 0 bridgehead atoms. The lowest BCUT2D eigenvalue weighted by atomic mass is 10.5. The van der Waals surface area contributed by atoms with Crippen LogP contribution in [0.3, 0.4) is 0 Å². The van der Waals surface area contributed by atoms with Gasteiger partial charge in [0.05, 0.1) is 6.61 Å². The van der Waals surface area contributed by atoms with Crippen molar-refractivity contribution in [2.75, 3.05) is 24.2 Å². The molecule has 0 aromatic carbocycles. The monoisotopic (exact) mass is 242 g/mol. The van der Waals surface area contributed by atoms with Crippen LogP contribution in [0.1, 0.15) is 27.2 Å². The average Bonchev–Trinajstić information content (AvgIpc) is 2.27. The van der Waals surface area contributed by atoms with E-state index in [1.165, 1.54) is 0 Å². The summed E-state index contributed by atoms with van der Waals surface area (Å²) in [4.78, 5) is 12.7. The predicted octanol–water partition coefficient (Wildman–Crippen LogP) is 2.20. The molecule has 0 fully saturated rings. The molecule has 1 rings (SSSR count). The molecule has 1 N–H and O–H groups in total. The van der Waals surface area contributed by atoms with E-state index < -0.39 is 0 Å². The zero-order valence-corrected chi connectivity index (χ0v) is 10.8. The Morgan fingerprint density at radius 1 is 1.19 bits per heavy atom. The molecule has 0 saturated carbocycles. The molecular formula is C10H18N4OS. The first-order valence-corrected chi connectivity index (χ1v) is 6.54. The fraction of sp³-hybridized carbons (Fsp3) is 0.700. The van der Waals surface area contributed by atoms with Crippen molar-refractivity contribution >= 4 is 17.7 Å². The van der Waals surface area contributed by atoms with Crippen LogP contribution in [-0.4, -0.2) is 33.9 Å². The normalized spacial score (nSPS) is 10.2. The van der Waals surface area contributed by atoms with Gasteiger partial charge in [-0.3, -0.25) is 0 Å². The first-order valence-electron chi connectivity index (χ1n) is 5.55. The standard InChI is InChI=1S/C10H18N4OS/c1-4-7-15-9-12-8(11-5-2)13-10(14-9)16-6-3/h4-7H2,1-3H3,(H,11,12,13,14). The smallest absolute Gasteiger partial charge is 0.322 e. The maximum atomic E-state index is 5.41. The number of thioether (sulfide) groups is 1. The Hall–Kier alpha value is -1.04. The molecule has 6 heteroatoms.